The van der Waals surface area contributed by atoms with E-state index in [-0.39, 0.29) is 11.9 Å². The van der Waals surface area contributed by atoms with E-state index in [0.717, 1.165) is 35.4 Å². The SMILES string of the molecule is Cc1noc(C)c1C1CCCN1C(=O)c1cnc(-c2cccnc2)nc1. The molecular weight excluding hydrogens is 330 g/mol. The van der Waals surface area contributed by atoms with Gasteiger partial charge in [-0.25, -0.2) is 9.97 Å². The molecule has 1 saturated heterocycles. The highest BCUT2D eigenvalue weighted by molar-refractivity contribution is 5.94. The van der Waals surface area contributed by atoms with E-state index in [4.69, 9.17) is 4.52 Å². The molecule has 1 aliphatic heterocycles. The molecule has 0 bridgehead atoms. The van der Waals surface area contributed by atoms with Crippen LogP contribution in [0.5, 0.6) is 0 Å². The summed E-state index contributed by atoms with van der Waals surface area (Å²) in [5.41, 5.74) is 3.16. The second kappa shape index (κ2) is 6.67. The zero-order valence-electron chi connectivity index (χ0n) is 14.7. The molecule has 4 rings (SSSR count). The average Bonchev–Trinajstić information content (AvgIpc) is 3.28. The highest BCUT2D eigenvalue weighted by atomic mass is 16.5. The molecule has 0 aromatic carbocycles. The number of carbonyl (C=O) groups excluding carboxylic acids is 1. The van der Waals surface area contributed by atoms with Gasteiger partial charge in [-0.3, -0.25) is 9.78 Å². The molecule has 0 radical (unpaired) electrons. The van der Waals surface area contributed by atoms with Crippen LogP contribution in [0, 0.1) is 13.8 Å². The lowest BCUT2D eigenvalue weighted by molar-refractivity contribution is 0.0734. The molecule has 4 heterocycles. The molecule has 1 unspecified atom stereocenters. The highest BCUT2D eigenvalue weighted by Gasteiger charge is 2.34. The molecule has 132 valence electrons. The number of carbonyl (C=O) groups is 1. The number of nitrogens with zero attached hydrogens (tertiary/aromatic N) is 5. The largest absolute Gasteiger partial charge is 0.361 e. The van der Waals surface area contributed by atoms with Crippen LogP contribution in [-0.4, -0.2) is 37.5 Å². The molecule has 0 N–H and O–H groups in total. The second-order valence-electron chi connectivity index (χ2n) is 6.43. The van der Waals surface area contributed by atoms with Gasteiger partial charge in [0.25, 0.3) is 5.91 Å². The maximum absolute atomic E-state index is 13.0. The maximum Gasteiger partial charge on any atom is 0.257 e. The number of hydrogen-bond donors (Lipinski definition) is 0. The summed E-state index contributed by atoms with van der Waals surface area (Å²) in [6.07, 6.45) is 8.42. The van der Waals surface area contributed by atoms with E-state index >= 15 is 0 Å². The van der Waals surface area contributed by atoms with Gasteiger partial charge in [0.2, 0.25) is 0 Å². The van der Waals surface area contributed by atoms with Gasteiger partial charge in [0.1, 0.15) is 5.76 Å². The third-order valence-corrected chi connectivity index (χ3v) is 4.75. The number of amides is 1. The fourth-order valence-electron chi connectivity index (χ4n) is 3.52. The minimum Gasteiger partial charge on any atom is -0.361 e. The van der Waals surface area contributed by atoms with E-state index in [1.807, 2.05) is 30.9 Å². The molecule has 0 aliphatic carbocycles. The van der Waals surface area contributed by atoms with Crippen LogP contribution in [-0.2, 0) is 0 Å². The van der Waals surface area contributed by atoms with Gasteiger partial charge in [-0.1, -0.05) is 5.16 Å². The minimum absolute atomic E-state index is 0.00764. The van der Waals surface area contributed by atoms with E-state index < -0.39 is 0 Å². The number of pyridine rings is 1. The van der Waals surface area contributed by atoms with Crippen LogP contribution in [0.1, 0.15) is 46.3 Å². The second-order valence-corrected chi connectivity index (χ2v) is 6.43. The van der Waals surface area contributed by atoms with Crippen molar-refractivity contribution in [2.75, 3.05) is 6.54 Å². The smallest absolute Gasteiger partial charge is 0.257 e. The molecule has 3 aromatic rings. The van der Waals surface area contributed by atoms with E-state index in [0.29, 0.717) is 17.9 Å². The Morgan fingerprint density at radius 1 is 1.23 bits per heavy atom. The van der Waals surface area contributed by atoms with Gasteiger partial charge in [-0.05, 0) is 38.8 Å². The molecule has 0 saturated carbocycles. The molecule has 7 heteroatoms. The fraction of sp³-hybridized carbons (Fsp3) is 0.316. The van der Waals surface area contributed by atoms with Gasteiger partial charge in [0, 0.05) is 42.5 Å². The minimum atomic E-state index is -0.0646. The van der Waals surface area contributed by atoms with Crippen LogP contribution in [0.25, 0.3) is 11.4 Å². The zero-order chi connectivity index (χ0) is 18.1. The Balaban J connectivity index is 1.59. The van der Waals surface area contributed by atoms with Crippen molar-refractivity contribution in [1.29, 1.82) is 0 Å². The summed E-state index contributed by atoms with van der Waals surface area (Å²) < 4.78 is 5.29. The quantitative estimate of drug-likeness (QED) is 0.722. The van der Waals surface area contributed by atoms with Crippen molar-refractivity contribution in [2.45, 2.75) is 32.7 Å². The molecule has 0 spiro atoms. The summed E-state index contributed by atoms with van der Waals surface area (Å²) in [4.78, 5) is 27.6. The summed E-state index contributed by atoms with van der Waals surface area (Å²) in [7, 11) is 0. The average molecular weight is 349 g/mol. The van der Waals surface area contributed by atoms with Crippen molar-refractivity contribution >= 4 is 5.91 Å². The lowest BCUT2D eigenvalue weighted by atomic mass is 10.0. The molecule has 3 aromatic heterocycles. The molecule has 7 nitrogen and oxygen atoms in total. The van der Waals surface area contributed by atoms with Crippen molar-refractivity contribution in [3.63, 3.8) is 0 Å². The van der Waals surface area contributed by atoms with E-state index in [9.17, 15) is 4.79 Å². The van der Waals surface area contributed by atoms with E-state index in [2.05, 4.69) is 20.1 Å². The van der Waals surface area contributed by atoms with Crippen LogP contribution in [0.15, 0.2) is 41.4 Å². The van der Waals surface area contributed by atoms with Crippen molar-refractivity contribution in [3.8, 4) is 11.4 Å². The summed E-state index contributed by atoms with van der Waals surface area (Å²) in [5.74, 6) is 1.26. The number of aryl methyl sites for hydroxylation is 2. The molecule has 1 atom stereocenters. The summed E-state index contributed by atoms with van der Waals surface area (Å²) in [5, 5.41) is 4.03. The first kappa shape index (κ1) is 16.4. The van der Waals surface area contributed by atoms with Crippen molar-refractivity contribution < 1.29 is 9.32 Å². The number of rotatable bonds is 3. The molecule has 26 heavy (non-hydrogen) atoms. The van der Waals surface area contributed by atoms with Gasteiger partial charge in [0.05, 0.1) is 17.3 Å². The Kier molecular flexibility index (Phi) is 4.20. The Labute approximate surface area is 151 Å². The predicted molar refractivity (Wildman–Crippen MR) is 94.3 cm³/mol. The van der Waals surface area contributed by atoms with Crippen molar-refractivity contribution in [3.05, 3.63) is 59.5 Å². The Bertz CT molecular complexity index is 901. The van der Waals surface area contributed by atoms with Crippen LogP contribution in [0.3, 0.4) is 0 Å². The Morgan fingerprint density at radius 3 is 2.69 bits per heavy atom. The first-order chi connectivity index (χ1) is 12.6. The lowest BCUT2D eigenvalue weighted by Crippen LogP contribution is -2.31. The standard InChI is InChI=1S/C19H19N5O2/c1-12-17(13(2)26-23-12)16-6-4-8-24(16)19(25)15-10-21-18(22-11-15)14-5-3-7-20-9-14/h3,5,7,9-11,16H,4,6,8H2,1-2H3. The topological polar surface area (TPSA) is 85.0 Å². The summed E-state index contributed by atoms with van der Waals surface area (Å²) in [6.45, 7) is 4.51. The number of likely N-dealkylation sites (tertiary alicyclic amines) is 1. The zero-order valence-corrected chi connectivity index (χ0v) is 14.7. The van der Waals surface area contributed by atoms with Crippen molar-refractivity contribution in [1.82, 2.24) is 25.0 Å². The van der Waals surface area contributed by atoms with Crippen LogP contribution in [0.4, 0.5) is 0 Å². The normalized spacial score (nSPS) is 16.8. The third-order valence-electron chi connectivity index (χ3n) is 4.75. The predicted octanol–water partition coefficient (Wildman–Crippen LogP) is 3.12. The monoisotopic (exact) mass is 349 g/mol. The maximum atomic E-state index is 13.0. The molecule has 1 amide bonds. The van der Waals surface area contributed by atoms with E-state index in [1.54, 1.807) is 24.8 Å². The van der Waals surface area contributed by atoms with Crippen LogP contribution >= 0.6 is 0 Å². The van der Waals surface area contributed by atoms with Gasteiger partial charge in [0.15, 0.2) is 5.82 Å². The van der Waals surface area contributed by atoms with Crippen molar-refractivity contribution in [2.24, 2.45) is 0 Å². The highest BCUT2D eigenvalue weighted by Crippen LogP contribution is 2.36. The summed E-state index contributed by atoms with van der Waals surface area (Å²) >= 11 is 0. The first-order valence-corrected chi connectivity index (χ1v) is 8.61. The van der Waals surface area contributed by atoms with Gasteiger partial charge >= 0.3 is 0 Å². The number of aromatic nitrogens is 4. The number of hydrogen-bond acceptors (Lipinski definition) is 6. The Morgan fingerprint density at radius 2 is 2.04 bits per heavy atom. The van der Waals surface area contributed by atoms with Crippen LogP contribution < -0.4 is 0 Å². The molecule has 1 aliphatic rings. The van der Waals surface area contributed by atoms with Gasteiger partial charge < -0.3 is 9.42 Å². The van der Waals surface area contributed by atoms with E-state index in [1.165, 1.54) is 0 Å². The fourth-order valence-corrected chi connectivity index (χ4v) is 3.52. The summed E-state index contributed by atoms with van der Waals surface area (Å²) in [6, 6.07) is 3.71. The third kappa shape index (κ3) is 2.85. The molecular formula is C19H19N5O2. The van der Waals surface area contributed by atoms with Crippen LogP contribution in [0.2, 0.25) is 0 Å². The first-order valence-electron chi connectivity index (χ1n) is 8.61. The van der Waals surface area contributed by atoms with Gasteiger partial charge in [-0.2, -0.15) is 0 Å². The lowest BCUT2D eigenvalue weighted by Gasteiger charge is -2.24. The Hall–Kier alpha value is -3.09. The van der Waals surface area contributed by atoms with Gasteiger partial charge in [-0.15, -0.1) is 0 Å². The molecule has 1 fully saturated rings.